The second-order valence-corrected chi connectivity index (χ2v) is 4.25. The first kappa shape index (κ1) is 9.15. The molecule has 2 rings (SSSR count). The third kappa shape index (κ3) is 1.37. The number of aryl methyl sites for hydroxylation is 2. The Hall–Kier alpha value is -1.42. The van der Waals surface area contributed by atoms with Crippen molar-refractivity contribution in [1.82, 2.24) is 4.98 Å². The predicted molar refractivity (Wildman–Crippen MR) is 56.1 cm³/mol. The van der Waals surface area contributed by atoms with Gasteiger partial charge in [0.25, 0.3) is 0 Å². The van der Waals surface area contributed by atoms with Crippen molar-refractivity contribution in [3.05, 3.63) is 28.3 Å². The first-order chi connectivity index (χ1) is 6.58. The van der Waals surface area contributed by atoms with Crippen LogP contribution in [0.4, 0.5) is 0 Å². The predicted octanol–water partition coefficient (Wildman–Crippen LogP) is 2.61. The lowest BCUT2D eigenvalue weighted by Crippen LogP contribution is -1.93. The van der Waals surface area contributed by atoms with Crippen LogP contribution in [0.1, 0.15) is 20.9 Å². The number of hydrogen-bond acceptors (Lipinski definition) is 3. The lowest BCUT2D eigenvalue weighted by molar-refractivity contribution is 0.0696. The van der Waals surface area contributed by atoms with Crippen LogP contribution in [0.2, 0.25) is 0 Å². The molecule has 3 nitrogen and oxygen atoms in total. The highest BCUT2D eigenvalue weighted by molar-refractivity contribution is 7.20. The van der Waals surface area contributed by atoms with Crippen molar-refractivity contribution in [3.8, 4) is 0 Å². The molecule has 0 radical (unpaired) electrons. The monoisotopic (exact) mass is 207 g/mol. The quantitative estimate of drug-likeness (QED) is 0.782. The molecule has 0 spiro atoms. The van der Waals surface area contributed by atoms with E-state index in [2.05, 4.69) is 4.98 Å². The van der Waals surface area contributed by atoms with Crippen molar-refractivity contribution in [2.45, 2.75) is 13.8 Å². The standard InChI is InChI=1S/C10H9NO2S/c1-5-3-6(2)8-7(4-5)11-9(14-8)10(12)13/h3-4H,1-2H3,(H,12,13). The number of hydrogen-bond donors (Lipinski definition) is 1. The minimum atomic E-state index is -0.955. The van der Waals surface area contributed by atoms with E-state index in [4.69, 9.17) is 5.11 Å². The number of fused-ring (bicyclic) bond motifs is 1. The van der Waals surface area contributed by atoms with Gasteiger partial charge in [-0.3, -0.25) is 0 Å². The van der Waals surface area contributed by atoms with E-state index in [1.807, 2.05) is 26.0 Å². The molecular weight excluding hydrogens is 198 g/mol. The van der Waals surface area contributed by atoms with Crippen molar-refractivity contribution >= 4 is 27.5 Å². The van der Waals surface area contributed by atoms with Gasteiger partial charge in [-0.05, 0) is 31.0 Å². The Bertz CT molecular complexity index is 516. The van der Waals surface area contributed by atoms with Gasteiger partial charge in [-0.15, -0.1) is 11.3 Å². The fourth-order valence-corrected chi connectivity index (χ4v) is 2.32. The molecule has 1 aromatic carbocycles. The van der Waals surface area contributed by atoms with Crippen LogP contribution in [-0.2, 0) is 0 Å². The lowest BCUT2D eigenvalue weighted by Gasteiger charge is -1.95. The SMILES string of the molecule is Cc1cc(C)c2sc(C(=O)O)nc2c1. The van der Waals surface area contributed by atoms with Crippen LogP contribution in [-0.4, -0.2) is 16.1 Å². The number of carboxylic acid groups (broad SMARTS) is 1. The number of aromatic carboxylic acids is 1. The minimum absolute atomic E-state index is 0.161. The van der Waals surface area contributed by atoms with E-state index in [1.165, 1.54) is 11.3 Å². The van der Waals surface area contributed by atoms with Crippen LogP contribution in [0.25, 0.3) is 10.2 Å². The number of carboxylic acids is 1. The number of thiazole rings is 1. The minimum Gasteiger partial charge on any atom is -0.476 e. The fraction of sp³-hybridized carbons (Fsp3) is 0.200. The van der Waals surface area contributed by atoms with Gasteiger partial charge in [0.15, 0.2) is 0 Å². The van der Waals surface area contributed by atoms with Gasteiger partial charge in [-0.1, -0.05) is 6.07 Å². The zero-order chi connectivity index (χ0) is 10.3. The summed E-state index contributed by atoms with van der Waals surface area (Å²) in [5.41, 5.74) is 2.98. The summed E-state index contributed by atoms with van der Waals surface area (Å²) in [6, 6.07) is 3.94. The van der Waals surface area contributed by atoms with Gasteiger partial charge in [0.1, 0.15) is 0 Å². The third-order valence-corrected chi connectivity index (χ3v) is 3.20. The fourth-order valence-electron chi connectivity index (χ4n) is 1.47. The molecule has 0 saturated carbocycles. The summed E-state index contributed by atoms with van der Waals surface area (Å²) in [5, 5.41) is 8.95. The van der Waals surface area contributed by atoms with Crippen LogP contribution in [0, 0.1) is 13.8 Å². The number of rotatable bonds is 1. The molecule has 0 bridgehead atoms. The number of benzene rings is 1. The highest BCUT2D eigenvalue weighted by Crippen LogP contribution is 2.26. The Balaban J connectivity index is 2.76. The second-order valence-electron chi connectivity index (χ2n) is 3.25. The molecule has 4 heteroatoms. The van der Waals surface area contributed by atoms with Gasteiger partial charge >= 0.3 is 5.97 Å². The van der Waals surface area contributed by atoms with E-state index in [9.17, 15) is 4.79 Å². The smallest absolute Gasteiger partial charge is 0.365 e. The molecular formula is C10H9NO2S. The number of nitrogens with zero attached hydrogens (tertiary/aromatic N) is 1. The van der Waals surface area contributed by atoms with Gasteiger partial charge in [0.05, 0.1) is 10.2 Å². The summed E-state index contributed by atoms with van der Waals surface area (Å²) in [7, 11) is 0. The lowest BCUT2D eigenvalue weighted by atomic mass is 10.1. The Morgan fingerprint density at radius 1 is 1.43 bits per heavy atom. The van der Waals surface area contributed by atoms with E-state index in [0.717, 1.165) is 21.3 Å². The van der Waals surface area contributed by atoms with Crippen LogP contribution >= 0.6 is 11.3 Å². The van der Waals surface area contributed by atoms with E-state index in [0.29, 0.717) is 0 Å². The Morgan fingerprint density at radius 3 is 2.79 bits per heavy atom. The largest absolute Gasteiger partial charge is 0.476 e. The summed E-state index contributed by atoms with van der Waals surface area (Å²) in [6.07, 6.45) is 0. The zero-order valence-corrected chi connectivity index (χ0v) is 8.68. The Labute approximate surface area is 85.0 Å². The first-order valence-corrected chi connectivity index (χ1v) is 5.00. The molecule has 14 heavy (non-hydrogen) atoms. The first-order valence-electron chi connectivity index (χ1n) is 4.19. The van der Waals surface area contributed by atoms with Crippen LogP contribution in [0.5, 0.6) is 0 Å². The molecule has 0 aliphatic carbocycles. The maximum Gasteiger partial charge on any atom is 0.365 e. The van der Waals surface area contributed by atoms with E-state index in [1.54, 1.807) is 0 Å². The molecule has 0 saturated heterocycles. The average Bonchev–Trinajstić information content (AvgIpc) is 2.47. The maximum atomic E-state index is 10.7. The van der Waals surface area contributed by atoms with Gasteiger partial charge < -0.3 is 5.11 Å². The highest BCUT2D eigenvalue weighted by atomic mass is 32.1. The van der Waals surface area contributed by atoms with Crippen LogP contribution in [0.3, 0.4) is 0 Å². The number of carbonyl (C=O) groups is 1. The summed E-state index contributed by atoms with van der Waals surface area (Å²) in [4.78, 5) is 14.8. The summed E-state index contributed by atoms with van der Waals surface area (Å²) >= 11 is 1.23. The van der Waals surface area contributed by atoms with Crippen molar-refractivity contribution in [3.63, 3.8) is 0 Å². The number of aromatic nitrogens is 1. The van der Waals surface area contributed by atoms with Crippen molar-refractivity contribution in [2.75, 3.05) is 0 Å². The Kier molecular flexibility index (Phi) is 2.00. The topological polar surface area (TPSA) is 50.2 Å². The molecule has 0 fully saturated rings. The molecule has 0 aliphatic heterocycles. The van der Waals surface area contributed by atoms with E-state index < -0.39 is 5.97 Å². The van der Waals surface area contributed by atoms with Gasteiger partial charge in [0, 0.05) is 0 Å². The van der Waals surface area contributed by atoms with E-state index in [-0.39, 0.29) is 5.01 Å². The molecule has 2 aromatic rings. The summed E-state index contributed by atoms with van der Waals surface area (Å²) in [6.45, 7) is 3.95. The maximum absolute atomic E-state index is 10.7. The molecule has 72 valence electrons. The van der Waals surface area contributed by atoms with Gasteiger partial charge in [-0.2, -0.15) is 0 Å². The van der Waals surface area contributed by atoms with Gasteiger partial charge in [-0.25, -0.2) is 9.78 Å². The average molecular weight is 207 g/mol. The van der Waals surface area contributed by atoms with Crippen LogP contribution in [0.15, 0.2) is 12.1 Å². The molecule has 0 amide bonds. The zero-order valence-electron chi connectivity index (χ0n) is 7.87. The summed E-state index contributed by atoms with van der Waals surface area (Å²) < 4.78 is 0.966. The molecule has 0 unspecified atom stereocenters. The van der Waals surface area contributed by atoms with Crippen molar-refractivity contribution in [2.24, 2.45) is 0 Å². The Morgan fingerprint density at radius 2 is 2.14 bits per heavy atom. The molecule has 1 heterocycles. The molecule has 1 N–H and O–H groups in total. The highest BCUT2D eigenvalue weighted by Gasteiger charge is 2.11. The second kappa shape index (κ2) is 3.06. The van der Waals surface area contributed by atoms with Gasteiger partial charge in [0.2, 0.25) is 5.01 Å². The third-order valence-electron chi connectivity index (χ3n) is 2.00. The van der Waals surface area contributed by atoms with Crippen molar-refractivity contribution in [1.29, 1.82) is 0 Å². The molecule has 1 aromatic heterocycles. The molecule has 0 atom stereocenters. The normalized spacial score (nSPS) is 10.7. The van der Waals surface area contributed by atoms with E-state index >= 15 is 0 Å². The molecule has 0 aliphatic rings. The van der Waals surface area contributed by atoms with Crippen LogP contribution < -0.4 is 0 Å². The van der Waals surface area contributed by atoms with Crippen molar-refractivity contribution < 1.29 is 9.90 Å². The summed E-state index contributed by atoms with van der Waals surface area (Å²) in [5.74, 6) is -0.955.